The van der Waals surface area contributed by atoms with Gasteiger partial charge < -0.3 is 14.6 Å². The predicted octanol–water partition coefficient (Wildman–Crippen LogP) is 1.61. The molecule has 0 unspecified atom stereocenters. The van der Waals surface area contributed by atoms with Gasteiger partial charge in [0, 0.05) is 32.3 Å². The zero-order valence-electron chi connectivity index (χ0n) is 10.3. The van der Waals surface area contributed by atoms with Crippen LogP contribution in [-0.2, 0) is 17.7 Å². The SMILES string of the molecule is CNCCc1cn(CCCOCC(F)(F)F)cn1. The molecule has 0 aromatic carbocycles. The summed E-state index contributed by atoms with van der Waals surface area (Å²) in [6.07, 6.45) is 0.733. The van der Waals surface area contributed by atoms with Gasteiger partial charge in [-0.05, 0) is 13.5 Å². The molecule has 1 aromatic heterocycles. The number of imidazole rings is 1. The van der Waals surface area contributed by atoms with Crippen molar-refractivity contribution < 1.29 is 17.9 Å². The van der Waals surface area contributed by atoms with E-state index >= 15 is 0 Å². The fraction of sp³-hybridized carbons (Fsp3) is 0.727. The molecule has 0 radical (unpaired) electrons. The van der Waals surface area contributed by atoms with Crippen LogP contribution < -0.4 is 5.32 Å². The summed E-state index contributed by atoms with van der Waals surface area (Å²) >= 11 is 0. The standard InChI is InChI=1S/C11H18F3N3O/c1-15-4-3-10-7-17(9-16-10)5-2-6-18-8-11(12,13)14/h7,9,15H,2-6,8H2,1H3. The number of alkyl halides is 3. The highest BCUT2D eigenvalue weighted by molar-refractivity contribution is 4.97. The van der Waals surface area contributed by atoms with Crippen molar-refractivity contribution in [1.29, 1.82) is 0 Å². The number of hydrogen-bond acceptors (Lipinski definition) is 3. The molecule has 0 saturated carbocycles. The maximum atomic E-state index is 11.8. The fourth-order valence-corrected chi connectivity index (χ4v) is 1.45. The van der Waals surface area contributed by atoms with Gasteiger partial charge in [0.05, 0.1) is 12.0 Å². The minimum absolute atomic E-state index is 0.101. The first-order valence-electron chi connectivity index (χ1n) is 5.81. The van der Waals surface area contributed by atoms with Gasteiger partial charge >= 0.3 is 6.18 Å². The number of likely N-dealkylation sites (N-methyl/N-ethyl adjacent to an activating group) is 1. The lowest BCUT2D eigenvalue weighted by atomic mass is 10.3. The molecule has 0 saturated heterocycles. The lowest BCUT2D eigenvalue weighted by Crippen LogP contribution is -2.17. The van der Waals surface area contributed by atoms with E-state index in [2.05, 4.69) is 15.0 Å². The van der Waals surface area contributed by atoms with Crippen LogP contribution in [0.15, 0.2) is 12.5 Å². The van der Waals surface area contributed by atoms with Gasteiger partial charge in [0.1, 0.15) is 6.61 Å². The summed E-state index contributed by atoms with van der Waals surface area (Å²) in [5, 5.41) is 3.02. The van der Waals surface area contributed by atoms with Crippen molar-refractivity contribution in [3.8, 4) is 0 Å². The molecule has 7 heteroatoms. The first-order valence-corrected chi connectivity index (χ1v) is 5.81. The fourth-order valence-electron chi connectivity index (χ4n) is 1.45. The summed E-state index contributed by atoms with van der Waals surface area (Å²) < 4.78 is 41.7. The van der Waals surface area contributed by atoms with Gasteiger partial charge in [-0.2, -0.15) is 13.2 Å². The third kappa shape index (κ3) is 6.61. The van der Waals surface area contributed by atoms with E-state index in [0.717, 1.165) is 18.7 Å². The average Bonchev–Trinajstić information content (AvgIpc) is 2.72. The second kappa shape index (κ2) is 7.38. The van der Waals surface area contributed by atoms with Crippen LogP contribution in [0.5, 0.6) is 0 Å². The summed E-state index contributed by atoms with van der Waals surface area (Å²) in [4.78, 5) is 4.19. The van der Waals surface area contributed by atoms with E-state index in [1.807, 2.05) is 17.8 Å². The summed E-state index contributed by atoms with van der Waals surface area (Å²) in [6, 6.07) is 0. The molecular formula is C11H18F3N3O. The van der Waals surface area contributed by atoms with Crippen LogP contribution in [0.1, 0.15) is 12.1 Å². The first kappa shape index (κ1) is 15.0. The van der Waals surface area contributed by atoms with Gasteiger partial charge in [0.2, 0.25) is 0 Å². The molecule has 0 aliphatic rings. The molecule has 4 nitrogen and oxygen atoms in total. The quantitative estimate of drug-likeness (QED) is 0.726. The Kier molecular flexibility index (Phi) is 6.14. The molecule has 0 aliphatic carbocycles. The monoisotopic (exact) mass is 265 g/mol. The molecule has 0 fully saturated rings. The Labute approximate surface area is 104 Å². The topological polar surface area (TPSA) is 39.1 Å². The molecule has 1 heterocycles. The van der Waals surface area contributed by atoms with Crippen LogP contribution in [0.25, 0.3) is 0 Å². The predicted molar refractivity (Wildman–Crippen MR) is 61.3 cm³/mol. The molecule has 0 spiro atoms. The second-order valence-corrected chi connectivity index (χ2v) is 3.98. The Balaban J connectivity index is 2.13. The van der Waals surface area contributed by atoms with E-state index in [1.54, 1.807) is 6.33 Å². The molecule has 0 amide bonds. The molecule has 1 N–H and O–H groups in total. The van der Waals surface area contributed by atoms with Crippen molar-refractivity contribution in [2.24, 2.45) is 0 Å². The van der Waals surface area contributed by atoms with E-state index in [-0.39, 0.29) is 6.61 Å². The number of nitrogens with zero attached hydrogens (tertiary/aromatic N) is 2. The molecule has 0 aliphatic heterocycles. The smallest absolute Gasteiger partial charge is 0.372 e. The molecule has 18 heavy (non-hydrogen) atoms. The van der Waals surface area contributed by atoms with Crippen LogP contribution in [0.2, 0.25) is 0 Å². The van der Waals surface area contributed by atoms with Crippen LogP contribution in [-0.4, -0.2) is 42.5 Å². The number of aryl methyl sites for hydroxylation is 1. The Morgan fingerprint density at radius 1 is 1.44 bits per heavy atom. The summed E-state index contributed by atoms with van der Waals surface area (Å²) in [6.45, 7) is 0.393. The third-order valence-corrected chi connectivity index (χ3v) is 2.29. The van der Waals surface area contributed by atoms with E-state index < -0.39 is 12.8 Å². The van der Waals surface area contributed by atoms with E-state index in [4.69, 9.17) is 0 Å². The summed E-state index contributed by atoms with van der Waals surface area (Å²) in [5.41, 5.74) is 0.973. The lowest BCUT2D eigenvalue weighted by molar-refractivity contribution is -0.174. The molecule has 0 atom stereocenters. The van der Waals surface area contributed by atoms with Gasteiger partial charge in [-0.1, -0.05) is 0 Å². The Hall–Kier alpha value is -1.08. The van der Waals surface area contributed by atoms with Gasteiger partial charge in [-0.3, -0.25) is 0 Å². The van der Waals surface area contributed by atoms with Crippen molar-refractivity contribution in [2.75, 3.05) is 26.8 Å². The van der Waals surface area contributed by atoms with E-state index in [1.165, 1.54) is 0 Å². The van der Waals surface area contributed by atoms with Crippen molar-refractivity contribution in [3.63, 3.8) is 0 Å². The highest BCUT2D eigenvalue weighted by Crippen LogP contribution is 2.14. The largest absolute Gasteiger partial charge is 0.411 e. The Morgan fingerprint density at radius 2 is 2.22 bits per heavy atom. The highest BCUT2D eigenvalue weighted by atomic mass is 19.4. The van der Waals surface area contributed by atoms with Crippen molar-refractivity contribution >= 4 is 0 Å². The second-order valence-electron chi connectivity index (χ2n) is 3.98. The zero-order valence-corrected chi connectivity index (χ0v) is 10.3. The first-order chi connectivity index (χ1) is 8.51. The highest BCUT2D eigenvalue weighted by Gasteiger charge is 2.27. The number of ether oxygens (including phenoxy) is 1. The Bertz CT molecular complexity index is 339. The average molecular weight is 265 g/mol. The van der Waals surface area contributed by atoms with Gasteiger partial charge in [0.25, 0.3) is 0 Å². The minimum atomic E-state index is -4.24. The van der Waals surface area contributed by atoms with Gasteiger partial charge in [-0.15, -0.1) is 0 Å². The number of rotatable bonds is 8. The molecule has 0 bridgehead atoms. The summed E-state index contributed by atoms with van der Waals surface area (Å²) in [5.74, 6) is 0. The molecule has 104 valence electrons. The maximum Gasteiger partial charge on any atom is 0.411 e. The van der Waals surface area contributed by atoms with Crippen LogP contribution >= 0.6 is 0 Å². The van der Waals surface area contributed by atoms with Crippen LogP contribution in [0.3, 0.4) is 0 Å². The minimum Gasteiger partial charge on any atom is -0.372 e. The lowest BCUT2D eigenvalue weighted by Gasteiger charge is -2.07. The summed E-state index contributed by atoms with van der Waals surface area (Å²) in [7, 11) is 1.87. The third-order valence-electron chi connectivity index (χ3n) is 2.29. The number of nitrogens with one attached hydrogen (secondary N) is 1. The zero-order chi connectivity index (χ0) is 13.4. The van der Waals surface area contributed by atoms with Gasteiger partial charge in [-0.25, -0.2) is 4.98 Å². The number of hydrogen-bond donors (Lipinski definition) is 1. The molecule has 1 rings (SSSR count). The van der Waals surface area contributed by atoms with Crippen LogP contribution in [0.4, 0.5) is 13.2 Å². The van der Waals surface area contributed by atoms with Crippen molar-refractivity contribution in [2.45, 2.75) is 25.6 Å². The van der Waals surface area contributed by atoms with Crippen molar-refractivity contribution in [1.82, 2.24) is 14.9 Å². The van der Waals surface area contributed by atoms with Crippen molar-refractivity contribution in [3.05, 3.63) is 18.2 Å². The Morgan fingerprint density at radius 3 is 2.89 bits per heavy atom. The number of aromatic nitrogens is 2. The maximum absolute atomic E-state index is 11.8. The normalized spacial score (nSPS) is 12.0. The van der Waals surface area contributed by atoms with E-state index in [9.17, 15) is 13.2 Å². The van der Waals surface area contributed by atoms with Crippen LogP contribution in [0, 0.1) is 0 Å². The molecule has 1 aromatic rings. The van der Waals surface area contributed by atoms with Gasteiger partial charge in [0.15, 0.2) is 0 Å². The molecular weight excluding hydrogens is 247 g/mol. The number of halogens is 3. The van der Waals surface area contributed by atoms with E-state index in [0.29, 0.717) is 13.0 Å².